The quantitative estimate of drug-likeness (QED) is 0.713. The number of aromatic nitrogens is 6. The molecule has 1 amide bonds. The van der Waals surface area contributed by atoms with Crippen LogP contribution in [0.5, 0.6) is 6.01 Å². The summed E-state index contributed by atoms with van der Waals surface area (Å²) in [5.41, 5.74) is 0. The van der Waals surface area contributed by atoms with E-state index in [4.69, 9.17) is 4.74 Å². The molecule has 9 nitrogen and oxygen atoms in total. The number of aryl methyl sites for hydroxylation is 1. The average molecular weight is 335 g/mol. The second-order valence-corrected chi connectivity index (χ2v) is 6.07. The van der Waals surface area contributed by atoms with Gasteiger partial charge < -0.3 is 9.64 Å². The summed E-state index contributed by atoms with van der Waals surface area (Å²) >= 11 is 1.33. The maximum absolute atomic E-state index is 12.3. The summed E-state index contributed by atoms with van der Waals surface area (Å²) in [6.45, 7) is 1.29. The van der Waals surface area contributed by atoms with Crippen LogP contribution in [-0.4, -0.2) is 65.9 Å². The first kappa shape index (κ1) is 15.7. The molecule has 2 aromatic rings. The summed E-state index contributed by atoms with van der Waals surface area (Å²) in [7, 11) is 1.75. The molecule has 2 aromatic heterocycles. The van der Waals surface area contributed by atoms with Crippen LogP contribution in [-0.2, 0) is 11.8 Å². The van der Waals surface area contributed by atoms with E-state index in [1.165, 1.54) is 11.8 Å². The topological polar surface area (TPSA) is 98.9 Å². The van der Waals surface area contributed by atoms with Crippen LogP contribution in [0.1, 0.15) is 12.8 Å². The molecule has 1 atom stereocenters. The zero-order chi connectivity index (χ0) is 16.1. The number of tetrazole rings is 1. The molecule has 0 aliphatic carbocycles. The number of carbonyl (C=O) groups excluding carboxylic acids is 1. The van der Waals surface area contributed by atoms with Gasteiger partial charge in [-0.15, -0.1) is 5.10 Å². The second-order valence-electron chi connectivity index (χ2n) is 5.13. The molecule has 1 aliphatic rings. The SMILES string of the molecule is Cn1nnnc1SCC(=O)N1CCCC(Oc2ncccn2)C1. The normalized spacial score (nSPS) is 18.0. The Morgan fingerprint density at radius 3 is 3.00 bits per heavy atom. The molecular formula is C13H17N7O2S. The Labute approximate surface area is 137 Å². The van der Waals surface area contributed by atoms with Crippen LogP contribution >= 0.6 is 11.8 Å². The maximum Gasteiger partial charge on any atom is 0.316 e. The van der Waals surface area contributed by atoms with E-state index in [9.17, 15) is 4.79 Å². The third-order valence-electron chi connectivity index (χ3n) is 3.45. The van der Waals surface area contributed by atoms with Crippen molar-refractivity contribution in [1.82, 2.24) is 35.1 Å². The lowest BCUT2D eigenvalue weighted by Crippen LogP contribution is -2.45. The minimum atomic E-state index is -0.0726. The van der Waals surface area contributed by atoms with E-state index >= 15 is 0 Å². The largest absolute Gasteiger partial charge is 0.458 e. The Morgan fingerprint density at radius 2 is 2.26 bits per heavy atom. The Morgan fingerprint density at radius 1 is 1.43 bits per heavy atom. The van der Waals surface area contributed by atoms with Gasteiger partial charge in [-0.25, -0.2) is 14.6 Å². The molecule has 0 N–H and O–H groups in total. The number of nitrogens with zero attached hydrogens (tertiary/aromatic N) is 7. The first-order valence-corrected chi connectivity index (χ1v) is 8.27. The van der Waals surface area contributed by atoms with Gasteiger partial charge in [0.05, 0.1) is 12.3 Å². The number of hydrogen-bond acceptors (Lipinski definition) is 8. The fourth-order valence-corrected chi connectivity index (χ4v) is 3.07. The highest BCUT2D eigenvalue weighted by Crippen LogP contribution is 2.18. The Bertz CT molecular complexity index is 651. The van der Waals surface area contributed by atoms with Crippen LogP contribution in [0, 0.1) is 0 Å². The van der Waals surface area contributed by atoms with Crippen LogP contribution in [0.3, 0.4) is 0 Å². The Kier molecular flexibility index (Phi) is 5.01. The smallest absolute Gasteiger partial charge is 0.316 e. The molecule has 0 bridgehead atoms. The van der Waals surface area contributed by atoms with Crippen LogP contribution in [0.15, 0.2) is 23.6 Å². The Balaban J connectivity index is 1.51. The van der Waals surface area contributed by atoms with Crippen molar-refractivity contribution >= 4 is 17.7 Å². The minimum absolute atomic E-state index is 0.0558. The number of rotatable bonds is 5. The lowest BCUT2D eigenvalue weighted by molar-refractivity contribution is -0.131. The zero-order valence-corrected chi connectivity index (χ0v) is 13.5. The number of likely N-dealkylation sites (tertiary alicyclic amines) is 1. The standard InChI is InChI=1S/C13H17N7O2S/c1-19-13(16-17-18-19)23-9-11(21)20-7-2-4-10(8-20)22-12-14-5-3-6-15-12/h3,5-6,10H,2,4,7-9H2,1H3. The summed E-state index contributed by atoms with van der Waals surface area (Å²) in [5.74, 6) is 0.364. The highest BCUT2D eigenvalue weighted by Gasteiger charge is 2.25. The van der Waals surface area contributed by atoms with Gasteiger partial charge in [-0.3, -0.25) is 4.79 Å². The lowest BCUT2D eigenvalue weighted by atomic mass is 10.1. The molecule has 122 valence electrons. The number of thioether (sulfide) groups is 1. The maximum atomic E-state index is 12.3. The van der Waals surface area contributed by atoms with Gasteiger partial charge >= 0.3 is 6.01 Å². The molecule has 3 rings (SSSR count). The fourth-order valence-electron chi connectivity index (χ4n) is 2.32. The molecule has 0 spiro atoms. The van der Waals surface area contributed by atoms with Gasteiger partial charge in [0, 0.05) is 26.0 Å². The molecule has 10 heteroatoms. The average Bonchev–Trinajstić information content (AvgIpc) is 2.99. The summed E-state index contributed by atoms with van der Waals surface area (Å²) < 4.78 is 7.29. The molecule has 3 heterocycles. The first-order valence-electron chi connectivity index (χ1n) is 7.29. The summed E-state index contributed by atoms with van der Waals surface area (Å²) in [5, 5.41) is 11.8. The molecule has 1 unspecified atom stereocenters. The van der Waals surface area contributed by atoms with E-state index in [1.807, 2.05) is 4.90 Å². The zero-order valence-electron chi connectivity index (χ0n) is 12.7. The second kappa shape index (κ2) is 7.36. The van der Waals surface area contributed by atoms with E-state index in [0.717, 1.165) is 19.4 Å². The molecule has 0 radical (unpaired) electrons. The van der Waals surface area contributed by atoms with Crippen molar-refractivity contribution in [2.45, 2.75) is 24.1 Å². The Hall–Kier alpha value is -2.23. The van der Waals surface area contributed by atoms with Gasteiger partial charge in [0.15, 0.2) is 0 Å². The summed E-state index contributed by atoms with van der Waals surface area (Å²) in [4.78, 5) is 22.3. The predicted molar refractivity (Wildman–Crippen MR) is 81.8 cm³/mol. The van der Waals surface area contributed by atoms with Crippen LogP contribution < -0.4 is 4.74 Å². The molecule has 1 fully saturated rings. The van der Waals surface area contributed by atoms with Crippen LogP contribution in [0.4, 0.5) is 0 Å². The van der Waals surface area contributed by atoms with Crippen LogP contribution in [0.2, 0.25) is 0 Å². The van der Waals surface area contributed by atoms with Crippen molar-refractivity contribution in [2.75, 3.05) is 18.8 Å². The monoisotopic (exact) mass is 335 g/mol. The number of hydrogen-bond donors (Lipinski definition) is 0. The van der Waals surface area contributed by atoms with Crippen molar-refractivity contribution in [1.29, 1.82) is 0 Å². The molecule has 0 aromatic carbocycles. The predicted octanol–water partition coefficient (Wildman–Crippen LogP) is 0.162. The van der Waals surface area contributed by atoms with Crippen molar-refractivity contribution < 1.29 is 9.53 Å². The van der Waals surface area contributed by atoms with E-state index < -0.39 is 0 Å². The molecule has 0 saturated carbocycles. The first-order chi connectivity index (χ1) is 11.2. The summed E-state index contributed by atoms with van der Waals surface area (Å²) in [6, 6.07) is 2.09. The lowest BCUT2D eigenvalue weighted by Gasteiger charge is -2.32. The minimum Gasteiger partial charge on any atom is -0.458 e. The number of ether oxygens (including phenoxy) is 1. The molecule has 1 aliphatic heterocycles. The van der Waals surface area contributed by atoms with E-state index in [-0.39, 0.29) is 12.0 Å². The van der Waals surface area contributed by atoms with E-state index in [2.05, 4.69) is 25.5 Å². The van der Waals surface area contributed by atoms with E-state index in [0.29, 0.717) is 23.5 Å². The van der Waals surface area contributed by atoms with Gasteiger partial charge in [-0.2, -0.15) is 0 Å². The fraction of sp³-hybridized carbons (Fsp3) is 0.538. The third kappa shape index (κ3) is 4.15. The van der Waals surface area contributed by atoms with E-state index in [1.54, 1.807) is 30.2 Å². The number of amides is 1. The van der Waals surface area contributed by atoms with Gasteiger partial charge in [-0.05, 0) is 29.3 Å². The number of piperidine rings is 1. The third-order valence-corrected chi connectivity index (χ3v) is 4.45. The van der Waals surface area contributed by atoms with Crippen molar-refractivity contribution in [3.63, 3.8) is 0 Å². The highest BCUT2D eigenvalue weighted by molar-refractivity contribution is 7.99. The van der Waals surface area contributed by atoms with Crippen molar-refractivity contribution in [3.05, 3.63) is 18.5 Å². The van der Waals surface area contributed by atoms with Crippen LogP contribution in [0.25, 0.3) is 0 Å². The molecular weight excluding hydrogens is 318 g/mol. The van der Waals surface area contributed by atoms with Crippen molar-refractivity contribution in [3.8, 4) is 6.01 Å². The highest BCUT2D eigenvalue weighted by atomic mass is 32.2. The molecule has 1 saturated heterocycles. The van der Waals surface area contributed by atoms with Gasteiger partial charge in [-0.1, -0.05) is 11.8 Å². The summed E-state index contributed by atoms with van der Waals surface area (Å²) in [6.07, 6.45) is 5.00. The molecule has 23 heavy (non-hydrogen) atoms. The van der Waals surface area contributed by atoms with Gasteiger partial charge in [0.1, 0.15) is 6.10 Å². The number of carbonyl (C=O) groups is 1. The van der Waals surface area contributed by atoms with Gasteiger partial charge in [0.25, 0.3) is 0 Å². The van der Waals surface area contributed by atoms with Gasteiger partial charge in [0.2, 0.25) is 11.1 Å². The van der Waals surface area contributed by atoms with Crippen molar-refractivity contribution in [2.24, 2.45) is 7.05 Å².